The Hall–Kier alpha value is -3.56. The fourth-order valence-corrected chi connectivity index (χ4v) is 3.14. The summed E-state index contributed by atoms with van der Waals surface area (Å²) < 4.78 is 26.8. The lowest BCUT2D eigenvalue weighted by molar-refractivity contribution is 0.483. The first-order valence-electron chi connectivity index (χ1n) is 8.68. The van der Waals surface area contributed by atoms with Crippen molar-refractivity contribution in [2.45, 2.75) is 4.90 Å². The molecule has 4 rings (SSSR count). The molecule has 0 aliphatic carbocycles. The summed E-state index contributed by atoms with van der Waals surface area (Å²) in [5.41, 5.74) is 2.01. The maximum absolute atomic E-state index is 11.5. The minimum Gasteiger partial charge on any atom is -0.457 e. The molecule has 29 heavy (non-hydrogen) atoms. The highest BCUT2D eigenvalue weighted by Gasteiger charge is 2.14. The molecule has 1 unspecified atom stereocenters. The molecule has 0 aliphatic rings. The second-order valence-corrected chi connectivity index (χ2v) is 7.10. The van der Waals surface area contributed by atoms with Gasteiger partial charge in [-0.2, -0.15) is 4.80 Å². The van der Waals surface area contributed by atoms with Gasteiger partial charge >= 0.3 is 0 Å². The Labute approximate surface area is 169 Å². The van der Waals surface area contributed by atoms with Crippen LogP contribution in [0.3, 0.4) is 0 Å². The number of hydrogen-bond acceptors (Lipinski definition) is 6. The van der Waals surface area contributed by atoms with E-state index in [1.807, 2.05) is 54.6 Å². The van der Waals surface area contributed by atoms with E-state index in [9.17, 15) is 8.76 Å². The van der Waals surface area contributed by atoms with Crippen LogP contribution in [0.15, 0.2) is 77.7 Å². The van der Waals surface area contributed by atoms with Gasteiger partial charge in [0.2, 0.25) is 5.82 Å². The van der Waals surface area contributed by atoms with Crippen molar-refractivity contribution in [2.24, 2.45) is 7.05 Å². The van der Waals surface area contributed by atoms with Crippen LogP contribution in [0, 0.1) is 0 Å². The van der Waals surface area contributed by atoms with Gasteiger partial charge in [-0.1, -0.05) is 24.3 Å². The largest absolute Gasteiger partial charge is 0.457 e. The average molecular weight is 407 g/mol. The summed E-state index contributed by atoms with van der Waals surface area (Å²) in [6.07, 6.45) is 0. The van der Waals surface area contributed by atoms with Gasteiger partial charge in [0.1, 0.15) is 11.5 Å². The molecule has 0 radical (unpaired) electrons. The minimum atomic E-state index is -2.12. The molecule has 0 bridgehead atoms. The van der Waals surface area contributed by atoms with E-state index in [4.69, 9.17) is 4.74 Å². The fourth-order valence-electron chi connectivity index (χ4n) is 2.74. The van der Waals surface area contributed by atoms with Gasteiger partial charge in [0.15, 0.2) is 11.1 Å². The number of ether oxygens (including phenoxy) is 1. The number of anilines is 2. The molecule has 0 amide bonds. The molecule has 0 saturated carbocycles. The van der Waals surface area contributed by atoms with Gasteiger partial charge in [-0.15, -0.1) is 10.2 Å². The highest BCUT2D eigenvalue weighted by Crippen LogP contribution is 2.31. The third kappa shape index (κ3) is 4.48. The average Bonchev–Trinajstić information content (AvgIpc) is 3.15. The Bertz CT molecular complexity index is 1160. The highest BCUT2D eigenvalue weighted by molar-refractivity contribution is 7.79. The standard InChI is InChI=1S/C20H17N5O3S/c1-25-23-20(22-24-25)18-13-17(29(26)27)10-11-19(18)21-14-6-5-9-16(12-14)28-15-7-3-2-4-8-15/h2-13,21H,1H3,(H,26,27). The summed E-state index contributed by atoms with van der Waals surface area (Å²) in [6.45, 7) is 0. The third-order valence-electron chi connectivity index (χ3n) is 4.03. The summed E-state index contributed by atoms with van der Waals surface area (Å²) in [6, 6.07) is 21.8. The number of tetrazole rings is 1. The monoisotopic (exact) mass is 407 g/mol. The topological polar surface area (TPSA) is 102 Å². The minimum absolute atomic E-state index is 0.249. The second kappa shape index (κ2) is 8.21. The van der Waals surface area contributed by atoms with Crippen LogP contribution >= 0.6 is 0 Å². The number of nitrogens with one attached hydrogen (secondary N) is 1. The Morgan fingerprint density at radius 2 is 1.79 bits per heavy atom. The van der Waals surface area contributed by atoms with Crippen molar-refractivity contribution < 1.29 is 13.5 Å². The van der Waals surface area contributed by atoms with Gasteiger partial charge in [-0.25, -0.2) is 4.21 Å². The van der Waals surface area contributed by atoms with Gasteiger partial charge in [-0.05, 0) is 47.7 Å². The summed E-state index contributed by atoms with van der Waals surface area (Å²) >= 11 is -2.12. The molecule has 8 nitrogen and oxygen atoms in total. The first-order chi connectivity index (χ1) is 14.1. The van der Waals surface area contributed by atoms with E-state index in [0.29, 0.717) is 22.8 Å². The number of benzene rings is 3. The lowest BCUT2D eigenvalue weighted by Crippen LogP contribution is -1.98. The molecule has 2 N–H and O–H groups in total. The lowest BCUT2D eigenvalue weighted by atomic mass is 10.1. The normalized spacial score (nSPS) is 11.8. The van der Waals surface area contributed by atoms with Crippen LogP contribution in [-0.4, -0.2) is 29.0 Å². The molecule has 9 heteroatoms. The number of rotatable bonds is 6. The van der Waals surface area contributed by atoms with Crippen LogP contribution < -0.4 is 10.1 Å². The first-order valence-corrected chi connectivity index (χ1v) is 9.78. The van der Waals surface area contributed by atoms with Crippen molar-refractivity contribution in [3.8, 4) is 22.9 Å². The molecular weight excluding hydrogens is 390 g/mol. The molecule has 1 atom stereocenters. The molecule has 0 spiro atoms. The van der Waals surface area contributed by atoms with Crippen LogP contribution in [0.4, 0.5) is 11.4 Å². The van der Waals surface area contributed by atoms with E-state index >= 15 is 0 Å². The summed E-state index contributed by atoms with van der Waals surface area (Å²) in [7, 11) is 1.65. The van der Waals surface area contributed by atoms with Gasteiger partial charge in [0, 0.05) is 23.0 Å². The zero-order valence-corrected chi connectivity index (χ0v) is 16.2. The zero-order valence-electron chi connectivity index (χ0n) is 15.4. The Balaban J connectivity index is 1.65. The van der Waals surface area contributed by atoms with Crippen molar-refractivity contribution in [3.63, 3.8) is 0 Å². The van der Waals surface area contributed by atoms with Crippen LogP contribution in [0.2, 0.25) is 0 Å². The predicted octanol–water partition coefficient (Wildman–Crippen LogP) is 3.99. The van der Waals surface area contributed by atoms with Crippen LogP contribution in [0.25, 0.3) is 11.4 Å². The van der Waals surface area contributed by atoms with E-state index < -0.39 is 11.1 Å². The quantitative estimate of drug-likeness (QED) is 0.466. The Kier molecular flexibility index (Phi) is 5.32. The number of aromatic nitrogens is 4. The Morgan fingerprint density at radius 1 is 1.00 bits per heavy atom. The molecule has 1 heterocycles. The smallest absolute Gasteiger partial charge is 0.207 e. The van der Waals surface area contributed by atoms with Crippen molar-refractivity contribution in [1.82, 2.24) is 20.2 Å². The van der Waals surface area contributed by atoms with Crippen LogP contribution in [0.5, 0.6) is 11.5 Å². The second-order valence-electron chi connectivity index (χ2n) is 6.13. The van der Waals surface area contributed by atoms with Gasteiger partial charge in [-0.3, -0.25) is 0 Å². The highest BCUT2D eigenvalue weighted by atomic mass is 32.2. The fraction of sp³-hybridized carbons (Fsp3) is 0.0500. The molecule has 0 aliphatic heterocycles. The van der Waals surface area contributed by atoms with Gasteiger partial charge < -0.3 is 14.6 Å². The zero-order chi connectivity index (χ0) is 20.2. The van der Waals surface area contributed by atoms with Gasteiger partial charge in [0.25, 0.3) is 0 Å². The van der Waals surface area contributed by atoms with Gasteiger partial charge in [0.05, 0.1) is 11.9 Å². The summed E-state index contributed by atoms with van der Waals surface area (Å²) in [5.74, 6) is 1.76. The molecule has 1 aromatic heterocycles. The van der Waals surface area contributed by atoms with E-state index in [2.05, 4.69) is 20.7 Å². The number of aryl methyl sites for hydroxylation is 1. The maximum atomic E-state index is 11.5. The SMILES string of the molecule is Cn1nnc(-c2cc(S(=O)O)ccc2Nc2cccc(Oc3ccccc3)c2)n1. The van der Waals surface area contributed by atoms with Crippen LogP contribution in [0.1, 0.15) is 0 Å². The van der Waals surface area contributed by atoms with E-state index in [1.54, 1.807) is 25.2 Å². The number of hydrogen-bond donors (Lipinski definition) is 2. The maximum Gasteiger partial charge on any atom is 0.207 e. The summed E-state index contributed by atoms with van der Waals surface area (Å²) in [5, 5.41) is 15.4. The van der Waals surface area contributed by atoms with E-state index in [0.717, 1.165) is 11.4 Å². The molecule has 4 aromatic rings. The number of para-hydroxylation sites is 1. The predicted molar refractivity (Wildman–Crippen MR) is 110 cm³/mol. The van der Waals surface area contributed by atoms with Crippen molar-refractivity contribution in [1.29, 1.82) is 0 Å². The number of nitrogens with zero attached hydrogens (tertiary/aromatic N) is 4. The van der Waals surface area contributed by atoms with Crippen molar-refractivity contribution in [3.05, 3.63) is 72.8 Å². The molecule has 146 valence electrons. The lowest BCUT2D eigenvalue weighted by Gasteiger charge is -2.12. The molecular formula is C20H17N5O3S. The molecule has 3 aromatic carbocycles. The van der Waals surface area contributed by atoms with Crippen LogP contribution in [-0.2, 0) is 18.1 Å². The Morgan fingerprint density at radius 3 is 2.52 bits per heavy atom. The molecule has 0 fully saturated rings. The van der Waals surface area contributed by atoms with E-state index in [1.165, 1.54) is 4.80 Å². The third-order valence-corrected chi connectivity index (χ3v) is 4.69. The summed E-state index contributed by atoms with van der Waals surface area (Å²) in [4.78, 5) is 1.58. The van der Waals surface area contributed by atoms with Crippen molar-refractivity contribution >= 4 is 22.5 Å². The van der Waals surface area contributed by atoms with E-state index in [-0.39, 0.29) is 4.90 Å². The van der Waals surface area contributed by atoms with Crippen molar-refractivity contribution in [2.75, 3.05) is 5.32 Å². The molecule has 0 saturated heterocycles. The first kappa shape index (κ1) is 18.8.